The third-order valence-electron chi connectivity index (χ3n) is 7.72. The molecule has 2 aromatic carbocycles. The Kier molecular flexibility index (Phi) is 7.09. The van der Waals surface area contributed by atoms with Gasteiger partial charge in [0, 0.05) is 62.0 Å². The number of rotatable bonds is 4. The zero-order valence-electron chi connectivity index (χ0n) is 21.8. The highest BCUT2D eigenvalue weighted by molar-refractivity contribution is 6.02. The molecular weight excluding hydrogens is 485 g/mol. The smallest absolute Gasteiger partial charge is 0.296 e. The Labute approximate surface area is 221 Å². The van der Waals surface area contributed by atoms with Crippen molar-refractivity contribution in [1.82, 2.24) is 15.1 Å². The molecule has 3 aliphatic rings. The summed E-state index contributed by atoms with van der Waals surface area (Å²) in [6, 6.07) is 6.57. The van der Waals surface area contributed by atoms with Crippen LogP contribution in [-0.2, 0) is 11.2 Å². The first-order valence-corrected chi connectivity index (χ1v) is 13.0. The number of amides is 3. The molecule has 38 heavy (non-hydrogen) atoms. The largest absolute Gasteiger partial charge is 0.367 e. The number of anilines is 1. The topological polar surface area (TPSA) is 99.0 Å². The summed E-state index contributed by atoms with van der Waals surface area (Å²) >= 11 is 0. The number of likely N-dealkylation sites (N-methyl/N-ethyl adjacent to an activating group) is 1. The number of carbonyl (C=O) groups is 3. The van der Waals surface area contributed by atoms with Crippen LogP contribution in [-0.4, -0.2) is 79.9 Å². The van der Waals surface area contributed by atoms with Crippen LogP contribution >= 0.6 is 0 Å². The van der Waals surface area contributed by atoms with E-state index in [4.69, 9.17) is 5.73 Å². The van der Waals surface area contributed by atoms with E-state index >= 15 is 4.39 Å². The second-order valence-corrected chi connectivity index (χ2v) is 10.3. The van der Waals surface area contributed by atoms with Gasteiger partial charge in [0.15, 0.2) is 0 Å². The van der Waals surface area contributed by atoms with E-state index in [9.17, 15) is 14.4 Å². The molecule has 2 heterocycles. The highest BCUT2D eigenvalue weighted by Gasteiger charge is 2.33. The van der Waals surface area contributed by atoms with Gasteiger partial charge >= 0.3 is 0 Å². The maximum Gasteiger partial charge on any atom is 0.296 e. The number of benzene rings is 2. The van der Waals surface area contributed by atoms with E-state index in [0.29, 0.717) is 55.0 Å². The predicted octanol–water partition coefficient (Wildman–Crippen LogP) is 1.99. The molecule has 0 unspecified atom stereocenters. The highest BCUT2D eigenvalue weighted by atomic mass is 19.1. The van der Waals surface area contributed by atoms with Crippen molar-refractivity contribution in [2.75, 3.05) is 51.2 Å². The van der Waals surface area contributed by atoms with Crippen LogP contribution in [0, 0.1) is 17.7 Å². The van der Waals surface area contributed by atoms with Crippen LogP contribution in [0.25, 0.3) is 11.1 Å². The molecule has 1 aliphatic carbocycles. The third kappa shape index (κ3) is 4.84. The molecule has 0 spiro atoms. The van der Waals surface area contributed by atoms with Crippen molar-refractivity contribution < 1.29 is 18.8 Å². The summed E-state index contributed by atoms with van der Waals surface area (Å²) in [5, 5.41) is 2.91. The van der Waals surface area contributed by atoms with Crippen LogP contribution in [0.5, 0.6) is 0 Å². The van der Waals surface area contributed by atoms with E-state index in [1.807, 2.05) is 29.0 Å². The molecule has 0 radical (unpaired) electrons. The molecule has 2 saturated heterocycles. The number of nitrogens with zero attached hydrogens (tertiary/aromatic N) is 3. The Balaban J connectivity index is 1.50. The molecule has 0 saturated carbocycles. The van der Waals surface area contributed by atoms with Gasteiger partial charge in [-0.15, -0.1) is 0 Å². The second kappa shape index (κ2) is 10.5. The number of carbonyl (C=O) groups excluding carboxylic acids is 3. The molecule has 2 fully saturated rings. The number of fused-ring (bicyclic) bond motifs is 3. The zero-order valence-corrected chi connectivity index (χ0v) is 21.8. The molecule has 0 aromatic heterocycles. The maximum absolute atomic E-state index is 15.7. The molecule has 3 N–H and O–H groups in total. The number of primary amides is 1. The van der Waals surface area contributed by atoms with Gasteiger partial charge < -0.3 is 25.8 Å². The SMILES string of the molecule is CC#CC(=O)N[C@H]1CCCN(c2c(F)cc(C(N)=O)c3c2-c2ccc(C(=O)N4CCN(C)CC4)cc2C3)C1. The van der Waals surface area contributed by atoms with Gasteiger partial charge in [-0.2, -0.15) is 0 Å². The van der Waals surface area contributed by atoms with Crippen LogP contribution in [0.2, 0.25) is 0 Å². The average molecular weight is 518 g/mol. The first kappa shape index (κ1) is 25.7. The standard InChI is InChI=1S/C29H32FN5O3/c1-3-5-25(36)32-20-6-4-9-35(17-20)27-24(30)16-23(28(31)37)22-15-19-14-18(7-8-21(19)26(22)27)29(38)34-12-10-33(2)11-13-34/h7-8,14,16,20H,4,6,9-13,15,17H2,1-2H3,(H2,31,37)(H,32,36)/t20-/m0/s1. The summed E-state index contributed by atoms with van der Waals surface area (Å²) < 4.78 is 15.7. The van der Waals surface area contributed by atoms with E-state index in [1.54, 1.807) is 13.0 Å². The van der Waals surface area contributed by atoms with Crippen molar-refractivity contribution in [3.8, 4) is 23.0 Å². The monoisotopic (exact) mass is 517 g/mol. The summed E-state index contributed by atoms with van der Waals surface area (Å²) in [4.78, 5) is 43.6. The zero-order chi connectivity index (χ0) is 27.0. The Hall–Kier alpha value is -3.90. The Morgan fingerprint density at radius 2 is 1.87 bits per heavy atom. The summed E-state index contributed by atoms with van der Waals surface area (Å²) in [5.74, 6) is 3.51. The van der Waals surface area contributed by atoms with E-state index in [-0.39, 0.29) is 23.4 Å². The molecule has 1 atom stereocenters. The molecule has 198 valence electrons. The number of piperidine rings is 1. The number of piperazine rings is 1. The van der Waals surface area contributed by atoms with Crippen molar-refractivity contribution >= 4 is 23.4 Å². The van der Waals surface area contributed by atoms with Crippen LogP contribution in [0.3, 0.4) is 0 Å². The third-order valence-corrected chi connectivity index (χ3v) is 7.72. The summed E-state index contributed by atoms with van der Waals surface area (Å²) in [7, 11) is 2.04. The Bertz CT molecular complexity index is 1370. The van der Waals surface area contributed by atoms with Crippen LogP contribution in [0.15, 0.2) is 24.3 Å². The minimum atomic E-state index is -0.685. The van der Waals surface area contributed by atoms with Crippen LogP contribution in [0.1, 0.15) is 51.6 Å². The number of nitrogens with two attached hydrogens (primary N) is 1. The molecule has 0 bridgehead atoms. The number of nitrogens with one attached hydrogen (secondary N) is 1. The lowest BCUT2D eigenvalue weighted by molar-refractivity contribution is -0.116. The lowest BCUT2D eigenvalue weighted by Crippen LogP contribution is -2.48. The molecule has 9 heteroatoms. The van der Waals surface area contributed by atoms with Crippen molar-refractivity contribution in [2.45, 2.75) is 32.2 Å². The number of hydrogen-bond acceptors (Lipinski definition) is 5. The molecule has 5 rings (SSSR count). The molecule has 8 nitrogen and oxygen atoms in total. The van der Waals surface area contributed by atoms with E-state index in [1.165, 1.54) is 6.07 Å². The Morgan fingerprint density at radius 1 is 1.11 bits per heavy atom. The molecule has 2 aromatic rings. The fourth-order valence-corrected chi connectivity index (χ4v) is 5.81. The lowest BCUT2D eigenvalue weighted by Gasteiger charge is -2.36. The number of hydrogen-bond donors (Lipinski definition) is 2. The molecule has 2 aliphatic heterocycles. The first-order valence-electron chi connectivity index (χ1n) is 13.0. The normalized spacial score (nSPS) is 18.8. The van der Waals surface area contributed by atoms with Crippen LogP contribution in [0.4, 0.5) is 10.1 Å². The minimum absolute atomic E-state index is 0.0248. The first-order chi connectivity index (χ1) is 18.3. The van der Waals surface area contributed by atoms with E-state index in [2.05, 4.69) is 22.1 Å². The van der Waals surface area contributed by atoms with Crippen molar-refractivity contribution in [2.24, 2.45) is 5.73 Å². The molecular formula is C29H32FN5O3. The summed E-state index contributed by atoms with van der Waals surface area (Å²) in [5.41, 5.74) is 9.81. The fourth-order valence-electron chi connectivity index (χ4n) is 5.81. The quantitative estimate of drug-likeness (QED) is 0.516. The average Bonchev–Trinajstić information content (AvgIpc) is 3.27. The van der Waals surface area contributed by atoms with Crippen molar-refractivity contribution in [1.29, 1.82) is 0 Å². The van der Waals surface area contributed by atoms with Gasteiger partial charge in [-0.25, -0.2) is 4.39 Å². The van der Waals surface area contributed by atoms with Crippen molar-refractivity contribution in [3.05, 3.63) is 52.3 Å². The summed E-state index contributed by atoms with van der Waals surface area (Å²) in [6.45, 7) is 5.64. The van der Waals surface area contributed by atoms with E-state index < -0.39 is 11.7 Å². The van der Waals surface area contributed by atoms with Gasteiger partial charge in [0.1, 0.15) is 5.82 Å². The predicted molar refractivity (Wildman–Crippen MR) is 143 cm³/mol. The van der Waals surface area contributed by atoms with Gasteiger partial charge in [0.2, 0.25) is 5.91 Å². The van der Waals surface area contributed by atoms with Crippen molar-refractivity contribution in [3.63, 3.8) is 0 Å². The van der Waals surface area contributed by atoms with Gasteiger partial charge in [-0.05, 0) is 74.0 Å². The minimum Gasteiger partial charge on any atom is -0.367 e. The maximum atomic E-state index is 15.7. The molecule has 3 amide bonds. The van der Waals surface area contributed by atoms with Crippen LogP contribution < -0.4 is 16.0 Å². The second-order valence-electron chi connectivity index (χ2n) is 10.3. The van der Waals surface area contributed by atoms with Gasteiger partial charge in [-0.3, -0.25) is 14.4 Å². The fraction of sp³-hybridized carbons (Fsp3) is 0.414. The van der Waals surface area contributed by atoms with Gasteiger partial charge in [-0.1, -0.05) is 12.0 Å². The highest BCUT2D eigenvalue weighted by Crippen LogP contribution is 2.46. The lowest BCUT2D eigenvalue weighted by atomic mass is 9.95. The number of halogens is 1. The van der Waals surface area contributed by atoms with Gasteiger partial charge in [0.05, 0.1) is 5.69 Å². The van der Waals surface area contributed by atoms with E-state index in [0.717, 1.165) is 37.1 Å². The van der Waals surface area contributed by atoms with Gasteiger partial charge in [0.25, 0.3) is 11.8 Å². The summed E-state index contributed by atoms with van der Waals surface area (Å²) in [6.07, 6.45) is 1.92. The Morgan fingerprint density at radius 3 is 2.58 bits per heavy atom.